The minimum atomic E-state index is -0.474. The van der Waals surface area contributed by atoms with Gasteiger partial charge in [-0.1, -0.05) is 20.8 Å². The summed E-state index contributed by atoms with van der Waals surface area (Å²) in [4.78, 5) is 33.7. The van der Waals surface area contributed by atoms with Crippen LogP contribution in [0.1, 0.15) is 32.2 Å². The van der Waals surface area contributed by atoms with Crippen molar-refractivity contribution in [2.75, 3.05) is 10.6 Å². The number of imidazole rings is 1. The van der Waals surface area contributed by atoms with Crippen LogP contribution in [-0.4, -0.2) is 30.8 Å². The third-order valence-electron chi connectivity index (χ3n) is 5.51. The Bertz CT molecular complexity index is 1650. The predicted molar refractivity (Wildman–Crippen MR) is 147 cm³/mol. The van der Waals surface area contributed by atoms with Crippen LogP contribution >= 0.6 is 0 Å². The predicted octanol–water partition coefficient (Wildman–Crippen LogP) is 6.29. The highest BCUT2D eigenvalue weighted by atomic mass is 19.1. The normalized spacial score (nSPS) is 11.5. The number of hydrogen-bond acceptors (Lipinski definition) is 5. The molecule has 0 aliphatic rings. The van der Waals surface area contributed by atoms with Crippen LogP contribution in [0.3, 0.4) is 0 Å². The zero-order chi connectivity index (χ0) is 26.2. The van der Waals surface area contributed by atoms with E-state index in [1.54, 1.807) is 53.2 Å². The van der Waals surface area contributed by atoms with E-state index < -0.39 is 6.03 Å². The molecule has 0 aliphatic carbocycles. The number of amides is 2. The van der Waals surface area contributed by atoms with E-state index in [2.05, 4.69) is 30.7 Å². The van der Waals surface area contributed by atoms with Gasteiger partial charge in [0.15, 0.2) is 11.4 Å². The number of H-pyrrole nitrogens is 2. The van der Waals surface area contributed by atoms with Crippen LogP contribution < -0.4 is 21.1 Å². The van der Waals surface area contributed by atoms with Gasteiger partial charge in [0.05, 0.1) is 11.4 Å². The summed E-state index contributed by atoms with van der Waals surface area (Å²) in [6.07, 6.45) is 1.53. The van der Waals surface area contributed by atoms with Crippen LogP contribution in [-0.2, 0) is 5.41 Å². The number of aromatic nitrogens is 5. The molecule has 0 fully saturated rings. The van der Waals surface area contributed by atoms with Gasteiger partial charge in [-0.05, 0) is 48.5 Å². The average Bonchev–Trinajstić information content (AvgIpc) is 3.44. The monoisotopic (exact) mass is 509 g/mol. The maximum absolute atomic E-state index is 13.4. The van der Waals surface area contributed by atoms with Crippen LogP contribution in [0.25, 0.3) is 16.9 Å². The standard InChI is InChI=1S/C26H24FN7O3.4H2/c1-26(2,3)20-14-21(34(33-20)17-8-4-15(27)5-9-17)30-24(35)29-16-6-10-18(11-7-16)37-19-12-13-28-23-22(19)31-25(36)32-23;;;;/h4-14H,1-3H3,(H2,29,30,35)(H2,28,31,32,36);4*1H. The number of rotatable bonds is 5. The Balaban J connectivity index is 0.00000210. The third kappa shape index (κ3) is 5.20. The lowest BCUT2D eigenvalue weighted by Gasteiger charge is -2.14. The summed E-state index contributed by atoms with van der Waals surface area (Å²) in [6.45, 7) is 6.05. The first-order valence-electron chi connectivity index (χ1n) is 11.5. The molecule has 5 aromatic rings. The summed E-state index contributed by atoms with van der Waals surface area (Å²) >= 11 is 0. The number of aromatic amines is 2. The fourth-order valence-corrected chi connectivity index (χ4v) is 3.62. The van der Waals surface area contributed by atoms with E-state index in [9.17, 15) is 14.0 Å². The summed E-state index contributed by atoms with van der Waals surface area (Å²) < 4.78 is 20.9. The Hall–Kier alpha value is -4.93. The van der Waals surface area contributed by atoms with Gasteiger partial charge >= 0.3 is 11.7 Å². The number of carbonyl (C=O) groups is 1. The van der Waals surface area contributed by atoms with E-state index in [4.69, 9.17) is 4.74 Å². The van der Waals surface area contributed by atoms with Gasteiger partial charge in [0.2, 0.25) is 0 Å². The molecule has 2 amide bonds. The molecule has 37 heavy (non-hydrogen) atoms. The molecule has 0 bridgehead atoms. The van der Waals surface area contributed by atoms with E-state index in [1.165, 1.54) is 18.3 Å². The van der Waals surface area contributed by atoms with Crippen molar-refractivity contribution in [3.05, 3.63) is 88.9 Å². The van der Waals surface area contributed by atoms with Crippen molar-refractivity contribution >= 4 is 28.7 Å². The third-order valence-corrected chi connectivity index (χ3v) is 5.51. The van der Waals surface area contributed by atoms with Gasteiger partial charge in [-0.2, -0.15) is 5.10 Å². The van der Waals surface area contributed by atoms with E-state index in [-0.39, 0.29) is 22.6 Å². The van der Waals surface area contributed by atoms with Gasteiger partial charge in [-0.3, -0.25) is 10.3 Å². The quantitative estimate of drug-likeness (QED) is 0.221. The highest BCUT2D eigenvalue weighted by Crippen LogP contribution is 2.28. The zero-order valence-electron chi connectivity index (χ0n) is 20.3. The molecule has 3 aromatic heterocycles. The van der Waals surface area contributed by atoms with E-state index >= 15 is 0 Å². The van der Waals surface area contributed by atoms with Crippen LogP contribution in [0.4, 0.5) is 20.7 Å². The number of benzene rings is 2. The van der Waals surface area contributed by atoms with E-state index in [0.717, 1.165) is 5.69 Å². The molecule has 11 heteroatoms. The van der Waals surface area contributed by atoms with E-state index in [1.807, 2.05) is 20.8 Å². The van der Waals surface area contributed by atoms with E-state index in [0.29, 0.717) is 39.9 Å². The van der Waals surface area contributed by atoms with Crippen LogP contribution in [0.15, 0.2) is 71.7 Å². The second kappa shape index (κ2) is 9.26. The van der Waals surface area contributed by atoms with Crippen LogP contribution in [0.5, 0.6) is 11.5 Å². The second-order valence-corrected chi connectivity index (χ2v) is 9.37. The summed E-state index contributed by atoms with van der Waals surface area (Å²) in [5.41, 5.74) is 2.13. The Labute approximate surface area is 216 Å². The number of urea groups is 1. The molecular formula is C26H32FN7O3. The Kier molecular flexibility index (Phi) is 5.96. The molecular weight excluding hydrogens is 477 g/mol. The number of nitrogens with one attached hydrogen (secondary N) is 4. The fraction of sp³-hybridized carbons (Fsp3) is 0.154. The fourth-order valence-electron chi connectivity index (χ4n) is 3.62. The highest BCUT2D eigenvalue weighted by Gasteiger charge is 2.21. The zero-order valence-corrected chi connectivity index (χ0v) is 20.3. The van der Waals surface area contributed by atoms with Crippen LogP contribution in [0, 0.1) is 5.82 Å². The molecule has 196 valence electrons. The number of anilines is 2. The van der Waals surface area contributed by atoms with Gasteiger partial charge in [-0.25, -0.2) is 23.6 Å². The Morgan fingerprint density at radius 1 is 1.03 bits per heavy atom. The summed E-state index contributed by atoms with van der Waals surface area (Å²) in [7, 11) is 0. The maximum Gasteiger partial charge on any atom is 0.325 e. The number of carbonyl (C=O) groups excluding carboxylic acids is 1. The lowest BCUT2D eigenvalue weighted by atomic mass is 9.92. The summed E-state index contributed by atoms with van der Waals surface area (Å²) in [6, 6.07) is 15.6. The van der Waals surface area contributed by atoms with Gasteiger partial charge in [0.25, 0.3) is 0 Å². The van der Waals surface area contributed by atoms with Crippen molar-refractivity contribution in [3.8, 4) is 17.2 Å². The number of nitrogens with zero attached hydrogens (tertiary/aromatic N) is 3. The second-order valence-electron chi connectivity index (χ2n) is 9.37. The maximum atomic E-state index is 13.4. The molecule has 10 nitrogen and oxygen atoms in total. The smallest absolute Gasteiger partial charge is 0.325 e. The minimum absolute atomic E-state index is 0. The highest BCUT2D eigenvalue weighted by molar-refractivity contribution is 5.99. The van der Waals surface area contributed by atoms with Gasteiger partial charge in [0, 0.05) is 35.1 Å². The molecule has 0 saturated carbocycles. The molecule has 5 rings (SSSR count). The van der Waals surface area contributed by atoms with Crippen molar-refractivity contribution in [2.45, 2.75) is 26.2 Å². The SMILES string of the molecule is CC(C)(C)c1cc(NC(=O)Nc2ccc(Oc3ccnc4[nH]c(=O)[nH]c34)cc2)n(-c2ccc(F)cc2)n1.[HH].[HH].[HH].[HH]. The summed E-state index contributed by atoms with van der Waals surface area (Å²) in [5.74, 6) is 1.02. The number of pyridine rings is 1. The Morgan fingerprint density at radius 3 is 2.46 bits per heavy atom. The molecule has 3 heterocycles. The topological polar surface area (TPSA) is 130 Å². The lowest BCUT2D eigenvalue weighted by molar-refractivity contribution is 0.262. The first-order valence-corrected chi connectivity index (χ1v) is 11.5. The minimum Gasteiger partial charge on any atom is -0.455 e. The lowest BCUT2D eigenvalue weighted by Crippen LogP contribution is -2.21. The molecule has 0 radical (unpaired) electrons. The Morgan fingerprint density at radius 2 is 1.76 bits per heavy atom. The molecule has 4 N–H and O–H groups in total. The van der Waals surface area contributed by atoms with Crippen molar-refractivity contribution in [3.63, 3.8) is 0 Å². The molecule has 0 saturated heterocycles. The van der Waals surface area contributed by atoms with Crippen molar-refractivity contribution in [1.82, 2.24) is 24.7 Å². The molecule has 0 atom stereocenters. The molecule has 0 spiro atoms. The van der Waals surface area contributed by atoms with Crippen LogP contribution in [0.2, 0.25) is 0 Å². The average molecular weight is 510 g/mol. The van der Waals surface area contributed by atoms with Gasteiger partial charge < -0.3 is 15.0 Å². The first-order chi connectivity index (χ1) is 17.7. The number of hydrogen-bond donors (Lipinski definition) is 4. The number of ether oxygens (including phenoxy) is 1. The molecule has 0 unspecified atom stereocenters. The number of fused-ring (bicyclic) bond motifs is 1. The van der Waals surface area contributed by atoms with Gasteiger partial charge in [0.1, 0.15) is 22.9 Å². The van der Waals surface area contributed by atoms with Crippen molar-refractivity contribution in [2.24, 2.45) is 0 Å². The van der Waals surface area contributed by atoms with Gasteiger partial charge in [-0.15, -0.1) is 0 Å². The van der Waals surface area contributed by atoms with Crippen molar-refractivity contribution in [1.29, 1.82) is 0 Å². The molecule has 2 aromatic carbocycles. The summed E-state index contributed by atoms with van der Waals surface area (Å²) in [5, 5.41) is 10.2. The van der Waals surface area contributed by atoms with Crippen molar-refractivity contribution < 1.29 is 19.6 Å². The molecule has 0 aliphatic heterocycles. The largest absolute Gasteiger partial charge is 0.455 e. The number of halogens is 1. The first kappa shape index (κ1) is 23.8.